The highest BCUT2D eigenvalue weighted by Gasteiger charge is 2.16. The van der Waals surface area contributed by atoms with E-state index in [1.165, 1.54) is 0 Å². The molecule has 0 saturated carbocycles. The molecule has 0 bridgehead atoms. The van der Waals surface area contributed by atoms with Crippen molar-refractivity contribution in [3.63, 3.8) is 0 Å². The van der Waals surface area contributed by atoms with Crippen LogP contribution in [0.15, 0.2) is 18.3 Å². The van der Waals surface area contributed by atoms with Gasteiger partial charge in [-0.2, -0.15) is 0 Å². The van der Waals surface area contributed by atoms with Gasteiger partial charge in [0.2, 0.25) is 0 Å². The van der Waals surface area contributed by atoms with E-state index in [4.69, 9.17) is 0 Å². The third-order valence-electron chi connectivity index (χ3n) is 1.67. The molecule has 3 nitrogen and oxygen atoms in total. The molecule has 0 fully saturated rings. The molecule has 2 N–H and O–H groups in total. The van der Waals surface area contributed by atoms with Crippen molar-refractivity contribution in [1.29, 1.82) is 0 Å². The molecule has 2 rings (SSSR count). The topological polar surface area (TPSA) is 37.0 Å². The zero-order valence-corrected chi connectivity index (χ0v) is 5.76. The summed E-state index contributed by atoms with van der Waals surface area (Å²) in [4.78, 5) is 4.22. The van der Waals surface area contributed by atoms with Crippen LogP contribution in [0.2, 0.25) is 0 Å². The smallest absolute Gasteiger partial charge is 0.0832 e. The van der Waals surface area contributed by atoms with Crippen LogP contribution < -0.4 is 10.9 Å². The largest absolute Gasteiger partial charge is 0.319 e. The lowest BCUT2D eigenvalue weighted by Crippen LogP contribution is -2.15. The average Bonchev–Trinajstić information content (AvgIpc) is 2.34. The molecule has 3 heteroatoms. The van der Waals surface area contributed by atoms with Crippen LogP contribution in [0.1, 0.15) is 18.7 Å². The molecule has 1 aliphatic heterocycles. The summed E-state index contributed by atoms with van der Waals surface area (Å²) in [6, 6.07) is 4.26. The number of aromatic nitrogens is 1. The van der Waals surface area contributed by atoms with Crippen LogP contribution in [-0.2, 0) is 0 Å². The van der Waals surface area contributed by atoms with Gasteiger partial charge in [0.05, 0.1) is 17.4 Å². The van der Waals surface area contributed by atoms with Gasteiger partial charge in [-0.15, -0.1) is 0 Å². The summed E-state index contributed by atoms with van der Waals surface area (Å²) >= 11 is 0. The van der Waals surface area contributed by atoms with E-state index in [9.17, 15) is 0 Å². The fraction of sp³-hybridized carbons (Fsp3) is 0.286. The van der Waals surface area contributed by atoms with Gasteiger partial charge >= 0.3 is 0 Å². The van der Waals surface area contributed by atoms with Gasteiger partial charge in [0, 0.05) is 6.20 Å². The van der Waals surface area contributed by atoms with E-state index in [1.54, 1.807) is 0 Å². The maximum atomic E-state index is 4.22. The molecular formula is C7H9N3. The van der Waals surface area contributed by atoms with Crippen molar-refractivity contribution in [3.8, 4) is 0 Å². The Bertz CT molecular complexity index is 246. The van der Waals surface area contributed by atoms with Crippen molar-refractivity contribution in [2.75, 3.05) is 5.43 Å². The Labute approximate surface area is 59.4 Å². The SMILES string of the molecule is CC1NNc2cccnc21. The molecule has 1 aromatic heterocycles. The highest BCUT2D eigenvalue weighted by atomic mass is 15.4. The highest BCUT2D eigenvalue weighted by molar-refractivity contribution is 5.51. The molecule has 0 spiro atoms. The molecular weight excluding hydrogens is 126 g/mol. The summed E-state index contributed by atoms with van der Waals surface area (Å²) in [6.07, 6.45) is 1.81. The molecule has 1 atom stereocenters. The minimum absolute atomic E-state index is 0.330. The van der Waals surface area contributed by atoms with Gasteiger partial charge in [-0.05, 0) is 19.1 Å². The molecule has 0 amide bonds. The van der Waals surface area contributed by atoms with Crippen LogP contribution in [0.5, 0.6) is 0 Å². The summed E-state index contributed by atoms with van der Waals surface area (Å²) in [5.74, 6) is 0. The van der Waals surface area contributed by atoms with Crippen molar-refractivity contribution < 1.29 is 0 Å². The fourth-order valence-corrected chi connectivity index (χ4v) is 1.12. The Morgan fingerprint density at radius 1 is 1.60 bits per heavy atom. The van der Waals surface area contributed by atoms with Gasteiger partial charge < -0.3 is 5.43 Å². The zero-order chi connectivity index (χ0) is 6.97. The molecule has 1 unspecified atom stereocenters. The summed E-state index contributed by atoms with van der Waals surface area (Å²) in [6.45, 7) is 2.08. The van der Waals surface area contributed by atoms with Crippen LogP contribution in [0.25, 0.3) is 0 Å². The second kappa shape index (κ2) is 1.95. The Morgan fingerprint density at radius 2 is 2.50 bits per heavy atom. The van der Waals surface area contributed by atoms with Crippen molar-refractivity contribution in [2.45, 2.75) is 13.0 Å². The van der Waals surface area contributed by atoms with Crippen LogP contribution in [0.3, 0.4) is 0 Å². The maximum Gasteiger partial charge on any atom is 0.0832 e. The molecule has 1 aromatic rings. The molecule has 2 heterocycles. The maximum absolute atomic E-state index is 4.22. The lowest BCUT2D eigenvalue weighted by atomic mass is 10.2. The Balaban J connectivity index is 2.51. The highest BCUT2D eigenvalue weighted by Crippen LogP contribution is 2.23. The van der Waals surface area contributed by atoms with Crippen LogP contribution in [0, 0.1) is 0 Å². The van der Waals surface area contributed by atoms with Gasteiger partial charge in [-0.25, -0.2) is 5.43 Å². The number of hydrazine groups is 1. The standard InChI is InChI=1S/C7H9N3/c1-5-7-6(10-9-5)3-2-4-8-7/h2-5,9-10H,1H3. The Hall–Kier alpha value is -1.09. The number of hydrogen-bond donors (Lipinski definition) is 2. The summed E-state index contributed by atoms with van der Waals surface area (Å²) < 4.78 is 0. The van der Waals surface area contributed by atoms with Crippen LogP contribution in [0.4, 0.5) is 5.69 Å². The van der Waals surface area contributed by atoms with Crippen LogP contribution >= 0.6 is 0 Å². The van der Waals surface area contributed by atoms with Crippen molar-refractivity contribution >= 4 is 5.69 Å². The molecule has 10 heavy (non-hydrogen) atoms. The van der Waals surface area contributed by atoms with E-state index in [-0.39, 0.29) is 0 Å². The minimum atomic E-state index is 0.330. The molecule has 0 radical (unpaired) electrons. The molecule has 0 aliphatic carbocycles. The van der Waals surface area contributed by atoms with Crippen molar-refractivity contribution in [2.24, 2.45) is 0 Å². The van der Waals surface area contributed by atoms with Gasteiger partial charge in [0.1, 0.15) is 0 Å². The summed E-state index contributed by atoms with van der Waals surface area (Å²) in [7, 11) is 0. The van der Waals surface area contributed by atoms with Gasteiger partial charge in [-0.1, -0.05) is 0 Å². The normalized spacial score (nSPS) is 21.9. The van der Waals surface area contributed by atoms with Gasteiger partial charge in [0.25, 0.3) is 0 Å². The lowest BCUT2D eigenvalue weighted by Gasteiger charge is -1.98. The molecule has 1 aliphatic rings. The average molecular weight is 135 g/mol. The number of nitrogens with zero attached hydrogens (tertiary/aromatic N) is 1. The molecule has 0 aromatic carbocycles. The Morgan fingerprint density at radius 3 is 3.30 bits per heavy atom. The minimum Gasteiger partial charge on any atom is -0.319 e. The van der Waals surface area contributed by atoms with Gasteiger partial charge in [-0.3, -0.25) is 4.98 Å². The first-order valence-corrected chi connectivity index (χ1v) is 3.34. The zero-order valence-electron chi connectivity index (χ0n) is 5.76. The van der Waals surface area contributed by atoms with E-state index in [2.05, 4.69) is 22.8 Å². The number of rotatable bonds is 0. The molecule has 52 valence electrons. The van der Waals surface area contributed by atoms with Gasteiger partial charge in [0.15, 0.2) is 0 Å². The monoisotopic (exact) mass is 135 g/mol. The van der Waals surface area contributed by atoms with Crippen molar-refractivity contribution in [3.05, 3.63) is 24.0 Å². The first-order valence-electron chi connectivity index (χ1n) is 3.34. The van der Waals surface area contributed by atoms with E-state index in [0.717, 1.165) is 11.4 Å². The summed E-state index contributed by atoms with van der Waals surface area (Å²) in [5.41, 5.74) is 8.30. The predicted octanol–water partition coefficient (Wildman–Crippen LogP) is 1.07. The molecule has 0 saturated heterocycles. The van der Waals surface area contributed by atoms with E-state index in [1.807, 2.05) is 18.3 Å². The first kappa shape index (κ1) is 5.68. The number of hydrogen-bond acceptors (Lipinski definition) is 3. The van der Waals surface area contributed by atoms with E-state index >= 15 is 0 Å². The van der Waals surface area contributed by atoms with E-state index < -0.39 is 0 Å². The number of nitrogens with one attached hydrogen (secondary N) is 2. The third-order valence-corrected chi connectivity index (χ3v) is 1.67. The Kier molecular flexibility index (Phi) is 1.11. The number of anilines is 1. The summed E-state index contributed by atoms with van der Waals surface area (Å²) in [5, 5.41) is 0. The number of fused-ring (bicyclic) bond motifs is 1. The van der Waals surface area contributed by atoms with Crippen LogP contribution in [-0.4, -0.2) is 4.98 Å². The quantitative estimate of drug-likeness (QED) is 0.558. The second-order valence-electron chi connectivity index (χ2n) is 2.43. The van der Waals surface area contributed by atoms with E-state index in [0.29, 0.717) is 6.04 Å². The number of pyridine rings is 1. The first-order chi connectivity index (χ1) is 4.88. The second-order valence-corrected chi connectivity index (χ2v) is 2.43. The third kappa shape index (κ3) is 0.675. The predicted molar refractivity (Wildman–Crippen MR) is 39.4 cm³/mol. The lowest BCUT2D eigenvalue weighted by molar-refractivity contribution is 0.671. The fourth-order valence-electron chi connectivity index (χ4n) is 1.12. The van der Waals surface area contributed by atoms with Crippen molar-refractivity contribution in [1.82, 2.24) is 10.4 Å².